The largest absolute Gasteiger partial charge is 0.143 e. The van der Waals surface area contributed by atoms with Crippen LogP contribution in [-0.4, -0.2) is 0 Å². The molecule has 0 aliphatic carbocycles. The van der Waals surface area contributed by atoms with Crippen LogP contribution in [0.5, 0.6) is 0 Å². The average molecular weight is 493 g/mol. The lowest BCUT2D eigenvalue weighted by molar-refractivity contribution is 1.96. The zero-order chi connectivity index (χ0) is 19.7. The van der Waals surface area contributed by atoms with Crippen molar-refractivity contribution < 1.29 is 0 Å². The van der Waals surface area contributed by atoms with Gasteiger partial charge in [-0.1, -0.05) is 18.2 Å². The van der Waals surface area contributed by atoms with Crippen LogP contribution in [-0.2, 0) is 0 Å². The Morgan fingerprint density at radius 3 is 1.00 bits per heavy atom. The molecule has 0 saturated carbocycles. The van der Waals surface area contributed by atoms with Gasteiger partial charge in [0.05, 0.1) is 0 Å². The lowest BCUT2D eigenvalue weighted by Gasteiger charge is -1.96. The van der Waals surface area contributed by atoms with Crippen molar-refractivity contribution in [2.24, 2.45) is 0 Å². The minimum Gasteiger partial charge on any atom is -0.143 e. The molecular weight excluding hydrogens is 481 g/mol. The summed E-state index contributed by atoms with van der Waals surface area (Å²) in [4.78, 5) is 8.22. The highest BCUT2D eigenvalue weighted by Crippen LogP contribution is 2.51. The number of hydrogen-bond donors (Lipinski definition) is 0. The molecule has 0 radical (unpaired) electrons. The van der Waals surface area contributed by atoms with E-state index in [0.29, 0.717) is 0 Å². The van der Waals surface area contributed by atoms with Crippen LogP contribution in [0.25, 0.3) is 59.5 Å². The van der Waals surface area contributed by atoms with Gasteiger partial charge in [0.2, 0.25) is 0 Å². The molecule has 0 amide bonds. The normalized spacial score (nSPS) is 12.0. The van der Waals surface area contributed by atoms with E-state index in [1.54, 1.807) is 0 Å². The van der Waals surface area contributed by atoms with Crippen LogP contribution < -0.4 is 0 Å². The molecule has 7 aromatic rings. The van der Waals surface area contributed by atoms with E-state index in [9.17, 15) is 0 Å². The average Bonchev–Trinajstić information content (AvgIpc) is 3.59. The van der Waals surface area contributed by atoms with E-state index in [0.717, 1.165) is 0 Å². The number of hydrogen-bond acceptors (Lipinski definition) is 6. The molecule has 0 aliphatic heterocycles. The van der Waals surface area contributed by atoms with Gasteiger partial charge in [-0.05, 0) is 52.5 Å². The third-order valence-corrected chi connectivity index (χ3v) is 11.9. The van der Waals surface area contributed by atoms with Crippen LogP contribution in [0.15, 0.2) is 70.7 Å². The third kappa shape index (κ3) is 2.65. The minimum atomic E-state index is 1.36. The minimum absolute atomic E-state index is 1.36. The van der Waals surface area contributed by atoms with Crippen molar-refractivity contribution in [3.05, 3.63) is 70.7 Å². The Hall–Kier alpha value is -1.80. The SMILES string of the molecule is c1csc(-c2cc3c(s2)c2cc(-c4cccs4)sc2c2cc(-c4cccs4)sc32)c1. The van der Waals surface area contributed by atoms with Crippen molar-refractivity contribution in [2.75, 3.05) is 0 Å². The molecule has 0 fully saturated rings. The highest BCUT2D eigenvalue weighted by atomic mass is 32.1. The van der Waals surface area contributed by atoms with Crippen molar-refractivity contribution in [1.82, 2.24) is 0 Å². The second kappa shape index (κ2) is 6.85. The van der Waals surface area contributed by atoms with Crippen LogP contribution in [0.4, 0.5) is 0 Å². The summed E-state index contributed by atoms with van der Waals surface area (Å²) < 4.78 is 4.29. The number of rotatable bonds is 3. The van der Waals surface area contributed by atoms with Gasteiger partial charge in [0.25, 0.3) is 0 Å². The fourth-order valence-corrected chi connectivity index (χ4v) is 10.1. The molecule has 30 heavy (non-hydrogen) atoms. The lowest BCUT2D eigenvalue weighted by Crippen LogP contribution is -1.67. The Balaban J connectivity index is 1.61. The summed E-state index contributed by atoms with van der Waals surface area (Å²) in [6.07, 6.45) is 0. The van der Waals surface area contributed by atoms with Crippen LogP contribution in [0.2, 0.25) is 0 Å². The maximum atomic E-state index is 2.42. The van der Waals surface area contributed by atoms with Crippen LogP contribution in [0, 0.1) is 0 Å². The second-order valence-electron chi connectivity index (χ2n) is 6.99. The van der Waals surface area contributed by atoms with Crippen LogP contribution in [0.1, 0.15) is 0 Å². The van der Waals surface area contributed by atoms with Gasteiger partial charge in [-0.15, -0.1) is 68.0 Å². The molecule has 7 rings (SSSR count). The van der Waals surface area contributed by atoms with Crippen molar-refractivity contribution in [1.29, 1.82) is 0 Å². The highest BCUT2D eigenvalue weighted by molar-refractivity contribution is 7.32. The first-order valence-corrected chi connectivity index (χ1v) is 14.5. The fraction of sp³-hybridized carbons (Fsp3) is 0. The van der Waals surface area contributed by atoms with Gasteiger partial charge in [-0.3, -0.25) is 0 Å². The standard InChI is InChI=1S/C24H12S6/c1-4-16(25-7-1)19-10-13-22(28-19)14-11-20(17-5-2-8-26-17)30-24(14)15-12-21(29-23(13)15)18-6-3-9-27-18/h1-12H. The predicted octanol–water partition coefficient (Wildman–Crippen LogP) is 10.5. The van der Waals surface area contributed by atoms with E-state index in [2.05, 4.69) is 70.7 Å². The van der Waals surface area contributed by atoms with E-state index in [-0.39, 0.29) is 0 Å². The van der Waals surface area contributed by atoms with Gasteiger partial charge in [0, 0.05) is 59.5 Å². The van der Waals surface area contributed by atoms with E-state index in [1.165, 1.54) is 59.5 Å². The van der Waals surface area contributed by atoms with Gasteiger partial charge >= 0.3 is 0 Å². The lowest BCUT2D eigenvalue weighted by atomic mass is 10.1. The first-order chi connectivity index (χ1) is 14.8. The summed E-state index contributed by atoms with van der Waals surface area (Å²) in [5, 5.41) is 10.7. The summed E-state index contributed by atoms with van der Waals surface area (Å²) in [7, 11) is 0. The Kier molecular flexibility index (Phi) is 4.07. The number of benzene rings is 1. The maximum absolute atomic E-state index is 2.42. The summed E-state index contributed by atoms with van der Waals surface area (Å²) in [5.74, 6) is 0. The van der Waals surface area contributed by atoms with Gasteiger partial charge in [-0.2, -0.15) is 0 Å². The van der Waals surface area contributed by atoms with Crippen molar-refractivity contribution >= 4 is 98.3 Å². The first-order valence-electron chi connectivity index (χ1n) is 9.39. The fourth-order valence-electron chi connectivity index (χ4n) is 3.90. The van der Waals surface area contributed by atoms with Gasteiger partial charge in [0.1, 0.15) is 0 Å². The molecule has 0 atom stereocenters. The molecule has 6 heteroatoms. The number of thiophene rings is 6. The molecule has 0 N–H and O–H groups in total. The topological polar surface area (TPSA) is 0 Å². The smallest absolute Gasteiger partial charge is 0.0455 e. The van der Waals surface area contributed by atoms with E-state index < -0.39 is 0 Å². The third-order valence-electron chi connectivity index (χ3n) is 5.22. The zero-order valence-corrected chi connectivity index (χ0v) is 20.3. The Labute approximate surface area is 196 Å². The molecule has 0 saturated heterocycles. The van der Waals surface area contributed by atoms with Gasteiger partial charge in [0.15, 0.2) is 0 Å². The Morgan fingerprint density at radius 1 is 0.400 bits per heavy atom. The quantitative estimate of drug-likeness (QED) is 0.230. The summed E-state index contributed by atoms with van der Waals surface area (Å²) >= 11 is 11.3. The molecule has 1 aromatic carbocycles. The Bertz CT molecular complexity index is 1320. The molecule has 0 nitrogen and oxygen atoms in total. The molecule has 0 aliphatic rings. The number of fused-ring (bicyclic) bond motifs is 6. The summed E-state index contributed by atoms with van der Waals surface area (Å²) in [5.41, 5.74) is 0. The summed E-state index contributed by atoms with van der Waals surface area (Å²) in [6.45, 7) is 0. The molecular formula is C24H12S6. The van der Waals surface area contributed by atoms with E-state index >= 15 is 0 Å². The second-order valence-corrected chi connectivity index (χ2v) is 13.0. The molecule has 0 unspecified atom stereocenters. The molecule has 0 spiro atoms. The molecule has 6 aromatic heterocycles. The van der Waals surface area contributed by atoms with Gasteiger partial charge in [-0.25, -0.2) is 0 Å². The van der Waals surface area contributed by atoms with Gasteiger partial charge < -0.3 is 0 Å². The van der Waals surface area contributed by atoms with Crippen molar-refractivity contribution in [3.63, 3.8) is 0 Å². The monoisotopic (exact) mass is 492 g/mol. The predicted molar refractivity (Wildman–Crippen MR) is 143 cm³/mol. The molecule has 0 bridgehead atoms. The zero-order valence-electron chi connectivity index (χ0n) is 15.4. The molecule has 6 heterocycles. The van der Waals surface area contributed by atoms with Crippen molar-refractivity contribution in [3.8, 4) is 29.3 Å². The van der Waals surface area contributed by atoms with E-state index in [1.807, 2.05) is 68.0 Å². The van der Waals surface area contributed by atoms with Crippen molar-refractivity contribution in [2.45, 2.75) is 0 Å². The van der Waals surface area contributed by atoms with E-state index in [4.69, 9.17) is 0 Å². The van der Waals surface area contributed by atoms with Crippen LogP contribution >= 0.6 is 68.0 Å². The highest BCUT2D eigenvalue weighted by Gasteiger charge is 2.19. The van der Waals surface area contributed by atoms with Crippen LogP contribution in [0.3, 0.4) is 0 Å². The Morgan fingerprint density at radius 2 is 0.733 bits per heavy atom. The summed E-state index contributed by atoms with van der Waals surface area (Å²) in [6, 6.07) is 20.4. The maximum Gasteiger partial charge on any atom is 0.0455 e. The first kappa shape index (κ1) is 17.8. The molecule has 144 valence electrons.